The molecular formula is C13H26O. The Bertz CT molecular complexity index is 147. The molecule has 0 aliphatic heterocycles. The third-order valence-electron chi connectivity index (χ3n) is 2.56. The number of hydrogen-bond acceptors (Lipinski definition) is 1. The van der Waals surface area contributed by atoms with E-state index in [-0.39, 0.29) is 0 Å². The minimum absolute atomic E-state index is 0.584. The number of unbranched alkanes of at least 4 members (excludes halogenated alkanes) is 5. The highest BCUT2D eigenvalue weighted by Gasteiger charge is 2.14. The van der Waals surface area contributed by atoms with E-state index in [1.807, 2.05) is 26.0 Å². The Morgan fingerprint density at radius 1 is 1.07 bits per heavy atom. The third kappa shape index (κ3) is 8.31. The van der Waals surface area contributed by atoms with E-state index in [0.717, 1.165) is 12.8 Å². The maximum Gasteiger partial charge on any atom is 0.0799 e. The van der Waals surface area contributed by atoms with Crippen molar-refractivity contribution in [2.45, 2.75) is 71.3 Å². The van der Waals surface area contributed by atoms with Crippen LogP contribution < -0.4 is 0 Å². The molecule has 0 aliphatic rings. The molecule has 0 aromatic rings. The van der Waals surface area contributed by atoms with Crippen LogP contribution in [-0.2, 0) is 0 Å². The van der Waals surface area contributed by atoms with Gasteiger partial charge in [0.1, 0.15) is 0 Å². The molecule has 0 fully saturated rings. The van der Waals surface area contributed by atoms with Gasteiger partial charge < -0.3 is 5.11 Å². The molecule has 0 aliphatic carbocycles. The molecule has 0 unspecified atom stereocenters. The van der Waals surface area contributed by atoms with Crippen molar-refractivity contribution in [3.8, 4) is 0 Å². The fraction of sp³-hybridized carbons (Fsp3) is 0.846. The van der Waals surface area contributed by atoms with Crippen LogP contribution in [0.5, 0.6) is 0 Å². The second kappa shape index (κ2) is 8.05. The average Bonchev–Trinajstić information content (AvgIpc) is 2.11. The third-order valence-corrected chi connectivity index (χ3v) is 2.56. The van der Waals surface area contributed by atoms with Gasteiger partial charge in [0.2, 0.25) is 0 Å². The van der Waals surface area contributed by atoms with Gasteiger partial charge in [-0.05, 0) is 20.3 Å². The highest BCUT2D eigenvalue weighted by Crippen LogP contribution is 2.16. The van der Waals surface area contributed by atoms with Crippen LogP contribution in [0.15, 0.2) is 12.2 Å². The molecule has 0 heterocycles. The molecule has 0 bridgehead atoms. The van der Waals surface area contributed by atoms with Crippen LogP contribution in [0, 0.1) is 0 Å². The summed E-state index contributed by atoms with van der Waals surface area (Å²) in [5.74, 6) is 0. The maximum absolute atomic E-state index is 9.83. The van der Waals surface area contributed by atoms with E-state index in [2.05, 4.69) is 6.92 Å². The van der Waals surface area contributed by atoms with E-state index in [1.54, 1.807) is 0 Å². The van der Waals surface area contributed by atoms with Gasteiger partial charge in [-0.25, -0.2) is 0 Å². The van der Waals surface area contributed by atoms with E-state index in [4.69, 9.17) is 0 Å². The molecule has 0 radical (unpaired) electrons. The summed E-state index contributed by atoms with van der Waals surface area (Å²) >= 11 is 0. The summed E-state index contributed by atoms with van der Waals surface area (Å²) in [6, 6.07) is 0. The van der Waals surface area contributed by atoms with Crippen molar-refractivity contribution in [3.05, 3.63) is 12.2 Å². The first-order chi connectivity index (χ1) is 6.62. The zero-order chi connectivity index (χ0) is 10.9. The van der Waals surface area contributed by atoms with Crippen molar-refractivity contribution in [1.82, 2.24) is 0 Å². The molecule has 1 heteroatoms. The van der Waals surface area contributed by atoms with E-state index < -0.39 is 5.60 Å². The van der Waals surface area contributed by atoms with Gasteiger partial charge in [-0.15, -0.1) is 0 Å². The molecule has 84 valence electrons. The molecule has 14 heavy (non-hydrogen) atoms. The lowest BCUT2D eigenvalue weighted by Crippen LogP contribution is -2.20. The number of hydrogen-bond donors (Lipinski definition) is 1. The first-order valence-corrected chi connectivity index (χ1v) is 5.98. The first-order valence-electron chi connectivity index (χ1n) is 5.98. The topological polar surface area (TPSA) is 20.2 Å². The van der Waals surface area contributed by atoms with Gasteiger partial charge in [0, 0.05) is 0 Å². The highest BCUT2D eigenvalue weighted by molar-refractivity contribution is 4.95. The van der Waals surface area contributed by atoms with Gasteiger partial charge in [-0.3, -0.25) is 0 Å². The van der Waals surface area contributed by atoms with Gasteiger partial charge in [-0.2, -0.15) is 0 Å². The average molecular weight is 198 g/mol. The molecule has 0 aromatic carbocycles. The van der Waals surface area contributed by atoms with Crippen molar-refractivity contribution >= 4 is 0 Å². The lowest BCUT2D eigenvalue weighted by atomic mass is 9.97. The minimum atomic E-state index is -0.584. The Kier molecular flexibility index (Phi) is 7.87. The number of allylic oxidation sites excluding steroid dienone is 1. The largest absolute Gasteiger partial charge is 0.386 e. The second-order valence-corrected chi connectivity index (χ2v) is 4.37. The van der Waals surface area contributed by atoms with Gasteiger partial charge >= 0.3 is 0 Å². The predicted molar refractivity (Wildman–Crippen MR) is 63.4 cm³/mol. The van der Waals surface area contributed by atoms with Crippen LogP contribution in [0.4, 0.5) is 0 Å². The summed E-state index contributed by atoms with van der Waals surface area (Å²) < 4.78 is 0. The van der Waals surface area contributed by atoms with Crippen molar-refractivity contribution in [3.63, 3.8) is 0 Å². The van der Waals surface area contributed by atoms with Gasteiger partial charge in [0.25, 0.3) is 0 Å². The predicted octanol–water partition coefficient (Wildman–Crippen LogP) is 4.06. The Morgan fingerprint density at radius 3 is 2.21 bits per heavy atom. The Balaban J connectivity index is 3.35. The summed E-state index contributed by atoms with van der Waals surface area (Å²) in [5, 5.41) is 9.83. The summed E-state index contributed by atoms with van der Waals surface area (Å²) in [4.78, 5) is 0. The zero-order valence-corrected chi connectivity index (χ0v) is 10.1. The van der Waals surface area contributed by atoms with E-state index in [9.17, 15) is 5.11 Å². The smallest absolute Gasteiger partial charge is 0.0799 e. The lowest BCUT2D eigenvalue weighted by Gasteiger charge is -2.18. The van der Waals surface area contributed by atoms with Crippen molar-refractivity contribution in [2.75, 3.05) is 0 Å². The van der Waals surface area contributed by atoms with E-state index in [1.165, 1.54) is 32.1 Å². The normalized spacial score (nSPS) is 16.0. The number of aliphatic hydroxyl groups is 1. The minimum Gasteiger partial charge on any atom is -0.386 e. The van der Waals surface area contributed by atoms with Crippen molar-refractivity contribution < 1.29 is 5.11 Å². The van der Waals surface area contributed by atoms with Gasteiger partial charge in [-0.1, -0.05) is 57.6 Å². The summed E-state index contributed by atoms with van der Waals surface area (Å²) in [6.07, 6.45) is 12.4. The SMILES string of the molecule is CC=C[C@@](C)(O)CCCCCCCC. The lowest BCUT2D eigenvalue weighted by molar-refractivity contribution is 0.0983. The van der Waals surface area contributed by atoms with Crippen LogP contribution in [0.25, 0.3) is 0 Å². The maximum atomic E-state index is 9.83. The van der Waals surface area contributed by atoms with Crippen LogP contribution in [-0.4, -0.2) is 10.7 Å². The molecule has 0 saturated carbocycles. The Labute approximate surface area is 89.2 Å². The van der Waals surface area contributed by atoms with Crippen LogP contribution in [0.1, 0.15) is 65.7 Å². The Morgan fingerprint density at radius 2 is 1.64 bits per heavy atom. The standard InChI is InChI=1S/C13H26O/c1-4-6-7-8-9-10-12-13(3,14)11-5-2/h5,11,14H,4,6-10,12H2,1-3H3/t13-/m1/s1. The molecule has 1 nitrogen and oxygen atoms in total. The van der Waals surface area contributed by atoms with Gasteiger partial charge in [0.15, 0.2) is 0 Å². The molecular weight excluding hydrogens is 172 g/mol. The van der Waals surface area contributed by atoms with Crippen LogP contribution >= 0.6 is 0 Å². The zero-order valence-electron chi connectivity index (χ0n) is 10.1. The molecule has 0 rings (SSSR count). The summed E-state index contributed by atoms with van der Waals surface area (Å²) in [7, 11) is 0. The summed E-state index contributed by atoms with van der Waals surface area (Å²) in [5.41, 5.74) is -0.584. The summed E-state index contributed by atoms with van der Waals surface area (Å²) in [6.45, 7) is 6.07. The molecule has 1 N–H and O–H groups in total. The molecule has 1 atom stereocenters. The van der Waals surface area contributed by atoms with Crippen LogP contribution in [0.2, 0.25) is 0 Å². The second-order valence-electron chi connectivity index (χ2n) is 4.37. The van der Waals surface area contributed by atoms with Crippen molar-refractivity contribution in [2.24, 2.45) is 0 Å². The van der Waals surface area contributed by atoms with Crippen molar-refractivity contribution in [1.29, 1.82) is 0 Å². The van der Waals surface area contributed by atoms with Crippen LogP contribution in [0.3, 0.4) is 0 Å². The molecule has 0 amide bonds. The molecule has 0 aromatic heterocycles. The quantitative estimate of drug-likeness (QED) is 0.460. The van der Waals surface area contributed by atoms with E-state index >= 15 is 0 Å². The fourth-order valence-electron chi connectivity index (χ4n) is 1.71. The Hall–Kier alpha value is -0.300. The first kappa shape index (κ1) is 13.7. The number of rotatable bonds is 8. The van der Waals surface area contributed by atoms with E-state index in [0.29, 0.717) is 0 Å². The molecule has 0 spiro atoms. The molecule has 0 saturated heterocycles. The highest BCUT2D eigenvalue weighted by atomic mass is 16.3. The van der Waals surface area contributed by atoms with Gasteiger partial charge in [0.05, 0.1) is 5.60 Å². The monoisotopic (exact) mass is 198 g/mol. The fourth-order valence-corrected chi connectivity index (χ4v) is 1.71.